The Bertz CT molecular complexity index is 315. The van der Waals surface area contributed by atoms with E-state index in [9.17, 15) is 31.1 Å². The molecule has 0 heterocycles. The highest BCUT2D eigenvalue weighted by Crippen LogP contribution is 2.38. The fourth-order valence-corrected chi connectivity index (χ4v) is 1.41. The van der Waals surface area contributed by atoms with Crippen molar-refractivity contribution in [2.45, 2.75) is 51.2 Å². The van der Waals surface area contributed by atoms with Gasteiger partial charge in [-0.1, -0.05) is 6.92 Å². The summed E-state index contributed by atoms with van der Waals surface area (Å²) in [6.45, 7) is 3.55. The first kappa shape index (κ1) is 18.8. The SMILES string of the molecule is CCOC(=O)NC([NH2+][C@H](C)CC)(C(F)(F)F)C(F)(F)F. The number of carbonyl (C=O) groups is 1. The first-order valence-corrected chi connectivity index (χ1v) is 5.85. The summed E-state index contributed by atoms with van der Waals surface area (Å²) in [4.78, 5) is 11.1. The highest BCUT2D eigenvalue weighted by molar-refractivity contribution is 5.68. The number of ether oxygens (including phenoxy) is 1. The van der Waals surface area contributed by atoms with Crippen molar-refractivity contribution in [1.29, 1.82) is 0 Å². The molecule has 0 aliphatic carbocycles. The molecule has 0 saturated carbocycles. The molecule has 1 amide bonds. The van der Waals surface area contributed by atoms with Gasteiger partial charge < -0.3 is 10.1 Å². The number of hydrogen-bond acceptors (Lipinski definition) is 2. The van der Waals surface area contributed by atoms with E-state index in [0.717, 1.165) is 5.32 Å². The van der Waals surface area contributed by atoms with Gasteiger partial charge in [0.2, 0.25) is 0 Å². The molecule has 0 aromatic heterocycles. The maximum atomic E-state index is 12.9. The van der Waals surface area contributed by atoms with Gasteiger partial charge in [-0.05, 0) is 20.3 Å². The fraction of sp³-hybridized carbons (Fsp3) is 0.900. The molecule has 1 atom stereocenters. The number of rotatable bonds is 5. The molecule has 0 radical (unpaired) electrons. The van der Waals surface area contributed by atoms with Crippen LogP contribution in [0.15, 0.2) is 0 Å². The van der Waals surface area contributed by atoms with Crippen molar-refractivity contribution in [2.75, 3.05) is 6.61 Å². The molecule has 120 valence electrons. The van der Waals surface area contributed by atoms with E-state index in [2.05, 4.69) is 4.74 Å². The summed E-state index contributed by atoms with van der Waals surface area (Å²) < 4.78 is 81.8. The lowest BCUT2D eigenvalue weighted by molar-refractivity contribution is -0.806. The lowest BCUT2D eigenvalue weighted by Gasteiger charge is -2.36. The summed E-state index contributed by atoms with van der Waals surface area (Å²) >= 11 is 0. The van der Waals surface area contributed by atoms with Crippen molar-refractivity contribution in [1.82, 2.24) is 5.32 Å². The summed E-state index contributed by atoms with van der Waals surface area (Å²) in [6.07, 6.45) is -13.2. The molecule has 20 heavy (non-hydrogen) atoms. The van der Waals surface area contributed by atoms with Gasteiger partial charge in [-0.25, -0.2) is 4.79 Å². The molecule has 0 bridgehead atoms. The number of nitrogens with one attached hydrogen (secondary N) is 1. The van der Waals surface area contributed by atoms with Crippen LogP contribution in [0.25, 0.3) is 0 Å². The molecule has 0 aromatic rings. The van der Waals surface area contributed by atoms with Gasteiger partial charge in [0.25, 0.3) is 0 Å². The highest BCUT2D eigenvalue weighted by Gasteiger charge is 2.77. The minimum Gasteiger partial charge on any atom is -0.450 e. The quantitative estimate of drug-likeness (QED) is 0.602. The first-order valence-electron chi connectivity index (χ1n) is 5.85. The standard InChI is InChI=1S/C10H16F6N2O2/c1-4-6(3)17-8(9(11,12)13,10(14,15)16)18-7(19)20-5-2/h6,17H,4-5H2,1-3H3,(H,18,19)/p+1/t6-/m1/s1. The Hall–Kier alpha value is -1.19. The van der Waals surface area contributed by atoms with E-state index in [-0.39, 0.29) is 18.3 Å². The van der Waals surface area contributed by atoms with E-state index >= 15 is 0 Å². The normalized spacial score (nSPS) is 14.8. The second-order valence-corrected chi connectivity index (χ2v) is 4.20. The van der Waals surface area contributed by atoms with E-state index in [4.69, 9.17) is 0 Å². The zero-order valence-electron chi connectivity index (χ0n) is 11.2. The molecule has 0 rings (SSSR count). The summed E-state index contributed by atoms with van der Waals surface area (Å²) in [5.74, 6) is 0. The van der Waals surface area contributed by atoms with Crippen LogP contribution in [0.3, 0.4) is 0 Å². The van der Waals surface area contributed by atoms with Crippen molar-refractivity contribution >= 4 is 6.09 Å². The second kappa shape index (κ2) is 6.51. The Balaban J connectivity index is 5.63. The maximum absolute atomic E-state index is 12.9. The molecule has 0 unspecified atom stereocenters. The molecular weight excluding hydrogens is 294 g/mol. The number of quaternary nitrogens is 1. The largest absolute Gasteiger partial charge is 0.476 e. The van der Waals surface area contributed by atoms with Crippen LogP contribution in [0.5, 0.6) is 0 Å². The molecule has 10 heteroatoms. The molecule has 4 nitrogen and oxygen atoms in total. The summed E-state index contributed by atoms with van der Waals surface area (Å²) in [7, 11) is 0. The number of alkyl halides is 6. The Morgan fingerprint density at radius 2 is 1.60 bits per heavy atom. The fourth-order valence-electron chi connectivity index (χ4n) is 1.41. The highest BCUT2D eigenvalue weighted by atomic mass is 19.4. The average Bonchev–Trinajstić information content (AvgIpc) is 2.25. The van der Waals surface area contributed by atoms with Crippen LogP contribution < -0.4 is 10.6 Å². The zero-order chi connectivity index (χ0) is 16.2. The molecule has 3 N–H and O–H groups in total. The first-order chi connectivity index (χ1) is 8.91. The Morgan fingerprint density at radius 1 is 1.15 bits per heavy atom. The molecule has 0 aromatic carbocycles. The van der Waals surface area contributed by atoms with Crippen LogP contribution in [0.1, 0.15) is 27.2 Å². The van der Waals surface area contributed by atoms with Gasteiger partial charge in [0.1, 0.15) is 0 Å². The van der Waals surface area contributed by atoms with Crippen LogP contribution in [0.2, 0.25) is 0 Å². The third-order valence-electron chi connectivity index (χ3n) is 2.65. The van der Waals surface area contributed by atoms with E-state index in [1.807, 2.05) is 0 Å². The van der Waals surface area contributed by atoms with Gasteiger partial charge in [0.15, 0.2) is 0 Å². The van der Waals surface area contributed by atoms with Crippen molar-refractivity contribution in [2.24, 2.45) is 0 Å². The second-order valence-electron chi connectivity index (χ2n) is 4.20. The van der Waals surface area contributed by atoms with Gasteiger partial charge in [0, 0.05) is 0 Å². The zero-order valence-corrected chi connectivity index (χ0v) is 11.2. The molecule has 0 spiro atoms. The van der Waals surface area contributed by atoms with E-state index in [1.54, 1.807) is 0 Å². The van der Waals surface area contributed by atoms with E-state index in [0.29, 0.717) is 0 Å². The number of amides is 1. The molecule has 0 saturated heterocycles. The predicted molar refractivity (Wildman–Crippen MR) is 56.7 cm³/mol. The third-order valence-corrected chi connectivity index (χ3v) is 2.65. The average molecular weight is 311 g/mol. The van der Waals surface area contributed by atoms with Crippen molar-refractivity contribution < 1.29 is 41.2 Å². The maximum Gasteiger partial charge on any atom is 0.476 e. The number of nitrogens with two attached hydrogens (primary N) is 1. The third kappa shape index (κ3) is 4.15. The Morgan fingerprint density at radius 3 is 1.90 bits per heavy atom. The van der Waals surface area contributed by atoms with Crippen LogP contribution >= 0.6 is 0 Å². The van der Waals surface area contributed by atoms with Crippen LogP contribution in [-0.4, -0.2) is 36.8 Å². The van der Waals surface area contributed by atoms with Gasteiger partial charge >= 0.3 is 24.1 Å². The summed E-state index contributed by atoms with van der Waals surface area (Å²) in [5, 5.41) is 0.955. The van der Waals surface area contributed by atoms with Gasteiger partial charge in [0.05, 0.1) is 12.6 Å². The Kier molecular flexibility index (Phi) is 6.12. The number of alkyl carbamates (subject to hydrolysis) is 1. The Labute approximate surface area is 111 Å². The van der Waals surface area contributed by atoms with Gasteiger partial charge in [-0.3, -0.25) is 5.32 Å². The van der Waals surface area contributed by atoms with Crippen molar-refractivity contribution in [3.63, 3.8) is 0 Å². The monoisotopic (exact) mass is 311 g/mol. The van der Waals surface area contributed by atoms with Crippen LogP contribution in [0.4, 0.5) is 31.1 Å². The van der Waals surface area contributed by atoms with E-state index in [1.165, 1.54) is 20.8 Å². The molecular formula is C10H17F6N2O2+. The molecule has 0 aliphatic rings. The number of halogens is 6. The lowest BCUT2D eigenvalue weighted by Crippen LogP contribution is -3.10. The van der Waals surface area contributed by atoms with E-state index < -0.39 is 30.2 Å². The van der Waals surface area contributed by atoms with Crippen LogP contribution in [-0.2, 0) is 4.74 Å². The number of carbonyl (C=O) groups excluding carboxylic acids is 1. The topological polar surface area (TPSA) is 54.9 Å². The smallest absolute Gasteiger partial charge is 0.450 e. The predicted octanol–water partition coefficient (Wildman–Crippen LogP) is 1.92. The lowest BCUT2D eigenvalue weighted by atomic mass is 10.1. The van der Waals surface area contributed by atoms with Gasteiger partial charge in [-0.2, -0.15) is 26.3 Å². The molecule has 0 fully saturated rings. The summed E-state index contributed by atoms with van der Waals surface area (Å²) in [6, 6.07) is -1.01. The minimum atomic E-state index is -5.73. The number of hydrogen-bond donors (Lipinski definition) is 2. The summed E-state index contributed by atoms with van der Waals surface area (Å²) in [5.41, 5.74) is -4.43. The minimum absolute atomic E-state index is 0.0456. The van der Waals surface area contributed by atoms with Crippen molar-refractivity contribution in [3.05, 3.63) is 0 Å². The molecule has 0 aliphatic heterocycles. The van der Waals surface area contributed by atoms with Crippen molar-refractivity contribution in [3.8, 4) is 0 Å². The van der Waals surface area contributed by atoms with Gasteiger partial charge in [-0.15, -0.1) is 0 Å². The van der Waals surface area contributed by atoms with Crippen LogP contribution in [0, 0.1) is 0 Å².